The molecule has 1 fully saturated rings. The Labute approximate surface area is 154 Å². The molecule has 2 aromatic rings. The van der Waals surface area contributed by atoms with Crippen LogP contribution in [-0.2, 0) is 6.54 Å². The molecule has 4 nitrogen and oxygen atoms in total. The zero-order chi connectivity index (χ0) is 17.5. The van der Waals surface area contributed by atoms with Gasteiger partial charge in [0.15, 0.2) is 0 Å². The third kappa shape index (κ3) is 5.76. The molecule has 1 heterocycles. The Bertz CT molecular complexity index is 684. The van der Waals surface area contributed by atoms with Crippen molar-refractivity contribution in [2.45, 2.75) is 19.4 Å². The van der Waals surface area contributed by atoms with Crippen LogP contribution >= 0.6 is 11.6 Å². The minimum absolute atomic E-state index is 0.132. The van der Waals surface area contributed by atoms with Gasteiger partial charge in [-0.3, -0.25) is 4.90 Å². The summed E-state index contributed by atoms with van der Waals surface area (Å²) in [6.07, 6.45) is 2.21. The fraction of sp³-hybridized carbons (Fsp3) is 0.350. The number of para-hydroxylation sites is 1. The molecule has 0 aromatic heterocycles. The molecule has 1 aliphatic rings. The zero-order valence-corrected chi connectivity index (χ0v) is 15.0. The number of halogens is 1. The van der Waals surface area contributed by atoms with Crippen molar-refractivity contribution in [1.82, 2.24) is 10.2 Å². The van der Waals surface area contributed by atoms with E-state index in [1.807, 2.05) is 48.5 Å². The van der Waals surface area contributed by atoms with Gasteiger partial charge in [0.25, 0.3) is 0 Å². The summed E-state index contributed by atoms with van der Waals surface area (Å²) < 4.78 is 0. The summed E-state index contributed by atoms with van der Waals surface area (Å²) in [5, 5.41) is 6.63. The molecular formula is C20H24ClN3O. The molecule has 25 heavy (non-hydrogen) atoms. The third-order valence-corrected chi connectivity index (χ3v) is 4.82. The highest BCUT2D eigenvalue weighted by Crippen LogP contribution is 2.19. The fourth-order valence-electron chi connectivity index (χ4n) is 3.18. The molecule has 1 saturated heterocycles. The molecular weight excluding hydrogens is 334 g/mol. The van der Waals surface area contributed by atoms with E-state index in [1.54, 1.807) is 0 Å². The quantitative estimate of drug-likeness (QED) is 0.834. The number of hydrogen-bond acceptors (Lipinski definition) is 2. The standard InChI is InChI=1S/C20H24ClN3O/c21-18-6-4-5-17(13-18)15-24-11-9-16(10-12-24)14-22-20(25)23-19-7-2-1-3-8-19/h1-8,13,16H,9-12,14-15H2,(H2,22,23,25). The van der Waals surface area contributed by atoms with Gasteiger partial charge in [0.1, 0.15) is 0 Å². The number of nitrogens with one attached hydrogen (secondary N) is 2. The smallest absolute Gasteiger partial charge is 0.319 e. The highest BCUT2D eigenvalue weighted by molar-refractivity contribution is 6.30. The number of rotatable bonds is 5. The SMILES string of the molecule is O=C(NCC1CCN(Cc2cccc(Cl)c2)CC1)Nc1ccccc1. The van der Waals surface area contributed by atoms with Gasteiger partial charge in [0.05, 0.1) is 0 Å². The van der Waals surface area contributed by atoms with Crippen LogP contribution in [0, 0.1) is 5.92 Å². The van der Waals surface area contributed by atoms with Crippen LogP contribution in [0.25, 0.3) is 0 Å². The van der Waals surface area contributed by atoms with Crippen molar-refractivity contribution in [3.05, 3.63) is 65.2 Å². The molecule has 3 rings (SSSR count). The van der Waals surface area contributed by atoms with Crippen LogP contribution in [0.1, 0.15) is 18.4 Å². The molecule has 0 saturated carbocycles. The van der Waals surface area contributed by atoms with Gasteiger partial charge in [0, 0.05) is 23.8 Å². The van der Waals surface area contributed by atoms with Gasteiger partial charge in [0.2, 0.25) is 0 Å². The number of nitrogens with zero attached hydrogens (tertiary/aromatic N) is 1. The highest BCUT2D eigenvalue weighted by atomic mass is 35.5. The Hall–Kier alpha value is -2.04. The van der Waals surface area contributed by atoms with E-state index in [9.17, 15) is 4.79 Å². The molecule has 0 bridgehead atoms. The summed E-state index contributed by atoms with van der Waals surface area (Å²) in [7, 11) is 0. The average molecular weight is 358 g/mol. The maximum Gasteiger partial charge on any atom is 0.319 e. The molecule has 132 valence electrons. The van der Waals surface area contributed by atoms with Gasteiger partial charge >= 0.3 is 6.03 Å². The van der Waals surface area contributed by atoms with E-state index in [1.165, 1.54) is 5.56 Å². The lowest BCUT2D eigenvalue weighted by Gasteiger charge is -2.32. The number of piperidine rings is 1. The van der Waals surface area contributed by atoms with E-state index < -0.39 is 0 Å². The first-order valence-electron chi connectivity index (χ1n) is 8.76. The number of amides is 2. The van der Waals surface area contributed by atoms with E-state index in [0.717, 1.165) is 49.7 Å². The number of likely N-dealkylation sites (tertiary alicyclic amines) is 1. The topological polar surface area (TPSA) is 44.4 Å². The van der Waals surface area contributed by atoms with Crippen LogP contribution in [0.2, 0.25) is 5.02 Å². The first-order valence-corrected chi connectivity index (χ1v) is 9.13. The molecule has 2 N–H and O–H groups in total. The molecule has 0 atom stereocenters. The number of benzene rings is 2. The predicted octanol–water partition coefficient (Wildman–Crippen LogP) is 4.37. The van der Waals surface area contributed by atoms with Gasteiger partial charge < -0.3 is 10.6 Å². The number of anilines is 1. The van der Waals surface area contributed by atoms with Crippen molar-refractivity contribution in [2.24, 2.45) is 5.92 Å². The first kappa shape index (κ1) is 17.8. The fourth-order valence-corrected chi connectivity index (χ4v) is 3.39. The Morgan fingerprint density at radius 3 is 2.56 bits per heavy atom. The second kappa shape index (κ2) is 8.88. The van der Waals surface area contributed by atoms with Crippen LogP contribution in [0.4, 0.5) is 10.5 Å². The summed E-state index contributed by atoms with van der Waals surface area (Å²) in [4.78, 5) is 14.4. The molecule has 2 aromatic carbocycles. The van der Waals surface area contributed by atoms with Crippen molar-refractivity contribution in [1.29, 1.82) is 0 Å². The van der Waals surface area contributed by atoms with Crippen LogP contribution < -0.4 is 10.6 Å². The monoisotopic (exact) mass is 357 g/mol. The Kier molecular flexibility index (Phi) is 6.31. The summed E-state index contributed by atoms with van der Waals surface area (Å²) >= 11 is 6.05. The van der Waals surface area contributed by atoms with Crippen molar-refractivity contribution < 1.29 is 4.79 Å². The normalized spacial score (nSPS) is 15.7. The van der Waals surface area contributed by atoms with Crippen molar-refractivity contribution in [2.75, 3.05) is 25.0 Å². The van der Waals surface area contributed by atoms with Gasteiger partial charge in [-0.2, -0.15) is 0 Å². The van der Waals surface area contributed by atoms with E-state index in [4.69, 9.17) is 11.6 Å². The van der Waals surface area contributed by atoms with Crippen LogP contribution in [0.15, 0.2) is 54.6 Å². The summed E-state index contributed by atoms with van der Waals surface area (Å²) in [5.74, 6) is 0.539. The predicted molar refractivity (Wildman–Crippen MR) is 103 cm³/mol. The van der Waals surface area contributed by atoms with Gasteiger partial charge in [-0.25, -0.2) is 4.79 Å². The largest absolute Gasteiger partial charge is 0.338 e. The van der Waals surface area contributed by atoms with E-state index >= 15 is 0 Å². The number of urea groups is 1. The molecule has 0 unspecified atom stereocenters. The molecule has 0 aliphatic carbocycles. The summed E-state index contributed by atoms with van der Waals surface area (Å²) in [6, 6.07) is 17.4. The average Bonchev–Trinajstić information content (AvgIpc) is 2.62. The Morgan fingerprint density at radius 1 is 1.08 bits per heavy atom. The lowest BCUT2D eigenvalue weighted by molar-refractivity contribution is 0.176. The number of hydrogen-bond donors (Lipinski definition) is 2. The van der Waals surface area contributed by atoms with Gasteiger partial charge in [-0.05, 0) is 61.7 Å². The lowest BCUT2D eigenvalue weighted by Crippen LogP contribution is -2.39. The second-order valence-corrected chi connectivity index (χ2v) is 6.99. The zero-order valence-electron chi connectivity index (χ0n) is 14.2. The molecule has 2 amide bonds. The van der Waals surface area contributed by atoms with E-state index in [2.05, 4.69) is 21.6 Å². The van der Waals surface area contributed by atoms with Crippen molar-refractivity contribution >= 4 is 23.3 Å². The van der Waals surface area contributed by atoms with Gasteiger partial charge in [-0.1, -0.05) is 41.9 Å². The van der Waals surface area contributed by atoms with Crippen molar-refractivity contribution in [3.63, 3.8) is 0 Å². The molecule has 0 radical (unpaired) electrons. The van der Waals surface area contributed by atoms with Crippen LogP contribution in [-0.4, -0.2) is 30.6 Å². The maximum absolute atomic E-state index is 11.9. The third-order valence-electron chi connectivity index (χ3n) is 4.59. The molecule has 1 aliphatic heterocycles. The number of carbonyl (C=O) groups excluding carboxylic acids is 1. The Morgan fingerprint density at radius 2 is 1.84 bits per heavy atom. The molecule has 0 spiro atoms. The minimum atomic E-state index is -0.132. The summed E-state index contributed by atoms with van der Waals surface area (Å²) in [6.45, 7) is 3.78. The lowest BCUT2D eigenvalue weighted by atomic mass is 9.96. The maximum atomic E-state index is 11.9. The van der Waals surface area contributed by atoms with E-state index in [-0.39, 0.29) is 6.03 Å². The van der Waals surface area contributed by atoms with Gasteiger partial charge in [-0.15, -0.1) is 0 Å². The van der Waals surface area contributed by atoms with E-state index in [0.29, 0.717) is 5.92 Å². The Balaban J connectivity index is 1.37. The van der Waals surface area contributed by atoms with Crippen molar-refractivity contribution in [3.8, 4) is 0 Å². The van der Waals surface area contributed by atoms with Crippen LogP contribution in [0.3, 0.4) is 0 Å². The number of carbonyl (C=O) groups is 1. The molecule has 5 heteroatoms. The highest BCUT2D eigenvalue weighted by Gasteiger charge is 2.19. The summed E-state index contributed by atoms with van der Waals surface area (Å²) in [5.41, 5.74) is 2.07. The minimum Gasteiger partial charge on any atom is -0.338 e. The van der Waals surface area contributed by atoms with Crippen LogP contribution in [0.5, 0.6) is 0 Å². The second-order valence-electron chi connectivity index (χ2n) is 6.55. The first-order chi connectivity index (χ1) is 12.2.